The van der Waals surface area contributed by atoms with Crippen molar-refractivity contribution in [2.45, 2.75) is 84.0 Å². The van der Waals surface area contributed by atoms with E-state index in [1.165, 1.54) is 57.8 Å². The zero-order valence-corrected chi connectivity index (χ0v) is 16.3. The van der Waals surface area contributed by atoms with Crippen molar-refractivity contribution >= 4 is 15.6 Å². The minimum atomic E-state index is -4.64. The van der Waals surface area contributed by atoms with Crippen molar-refractivity contribution in [1.29, 1.82) is 0 Å². The molecule has 0 aliphatic carbocycles. The number of phosphoric ester groups is 1. The Morgan fingerprint density at radius 3 is 1.21 bits per heavy atom. The van der Waals surface area contributed by atoms with Crippen LogP contribution in [0.3, 0.4) is 0 Å². The molecular weight excluding hydrogens is 358 g/mol. The first-order valence-electron chi connectivity index (χ1n) is 8.54. The molecule has 24 heavy (non-hydrogen) atoms. The van der Waals surface area contributed by atoms with Gasteiger partial charge >= 0.3 is 15.6 Å². The lowest BCUT2D eigenvalue weighted by Crippen LogP contribution is -1.92. The largest absolute Gasteiger partial charge is 0.469 e. The van der Waals surface area contributed by atoms with E-state index in [0.717, 1.165) is 19.3 Å². The van der Waals surface area contributed by atoms with E-state index in [0.29, 0.717) is 0 Å². The maximum Gasteiger partial charge on any atom is 0.469 e. The summed E-state index contributed by atoms with van der Waals surface area (Å²) in [7, 11) is -8.89. The van der Waals surface area contributed by atoms with Gasteiger partial charge in [0.2, 0.25) is 0 Å². The third-order valence-electron chi connectivity index (χ3n) is 3.26. The van der Waals surface area contributed by atoms with Crippen molar-refractivity contribution in [2.24, 2.45) is 0 Å². The highest BCUT2D eigenvalue weighted by atomic mass is 31.2. The van der Waals surface area contributed by atoms with Crippen LogP contribution in [-0.2, 0) is 13.7 Å². The highest BCUT2D eigenvalue weighted by Crippen LogP contribution is 2.35. The summed E-state index contributed by atoms with van der Waals surface area (Å²) >= 11 is 0. The van der Waals surface area contributed by atoms with Gasteiger partial charge in [-0.25, -0.2) is 9.13 Å². The lowest BCUT2D eigenvalue weighted by Gasteiger charge is -2.05. The Bertz CT molecular complexity index is 344. The van der Waals surface area contributed by atoms with Crippen LogP contribution < -0.4 is 0 Å². The normalized spacial score (nSPS) is 11.9. The second-order valence-electron chi connectivity index (χ2n) is 5.73. The molecule has 0 saturated heterocycles. The Morgan fingerprint density at radius 1 is 0.625 bits per heavy atom. The lowest BCUT2D eigenvalue weighted by atomic mass is 10.1. The molecule has 0 aromatic heterocycles. The van der Waals surface area contributed by atoms with Crippen molar-refractivity contribution < 1.29 is 38.1 Å². The maximum absolute atomic E-state index is 10.4. The van der Waals surface area contributed by atoms with Crippen molar-refractivity contribution in [3.63, 3.8) is 0 Å². The summed E-state index contributed by atoms with van der Waals surface area (Å²) in [4.78, 5) is 38.5. The van der Waals surface area contributed by atoms with Gasteiger partial charge in [-0.2, -0.15) is 0 Å². The van der Waals surface area contributed by atoms with E-state index in [9.17, 15) is 4.57 Å². The second kappa shape index (κ2) is 16.7. The number of hydrogen-bond donors (Lipinski definition) is 5. The standard InChI is InChI=1S/C14H31O4P.H3O4P/c1-2-3-4-5-6-7-8-9-10-11-12-13-14-18-19(15,16)17;1-5(2,3)4/h2-14H2,1H3,(H2,15,16,17);(H3,1,2,3,4). The van der Waals surface area contributed by atoms with Crippen molar-refractivity contribution in [2.75, 3.05) is 6.61 Å². The molecule has 0 saturated carbocycles. The van der Waals surface area contributed by atoms with Gasteiger partial charge in [-0.15, -0.1) is 0 Å². The van der Waals surface area contributed by atoms with Gasteiger partial charge < -0.3 is 24.5 Å². The average Bonchev–Trinajstić information content (AvgIpc) is 2.41. The van der Waals surface area contributed by atoms with E-state index >= 15 is 0 Å². The molecule has 0 aromatic carbocycles. The van der Waals surface area contributed by atoms with Crippen LogP contribution in [0.4, 0.5) is 0 Å². The first-order chi connectivity index (χ1) is 11.1. The highest BCUT2D eigenvalue weighted by molar-refractivity contribution is 7.46. The molecule has 0 heterocycles. The van der Waals surface area contributed by atoms with Crippen molar-refractivity contribution in [1.82, 2.24) is 0 Å². The molecule has 0 fully saturated rings. The van der Waals surface area contributed by atoms with Gasteiger partial charge in [0, 0.05) is 0 Å². The Kier molecular flexibility index (Phi) is 18.4. The summed E-state index contributed by atoms with van der Waals surface area (Å²) in [5.74, 6) is 0. The van der Waals surface area contributed by atoms with Gasteiger partial charge in [0.05, 0.1) is 6.61 Å². The average molecular weight is 392 g/mol. The molecule has 10 heteroatoms. The molecule has 0 radical (unpaired) electrons. The summed E-state index contributed by atoms with van der Waals surface area (Å²) < 4.78 is 23.7. The van der Waals surface area contributed by atoms with E-state index in [1.54, 1.807) is 0 Å². The molecule has 0 rings (SSSR count). The van der Waals surface area contributed by atoms with Gasteiger partial charge in [-0.1, -0.05) is 77.6 Å². The van der Waals surface area contributed by atoms with Crippen molar-refractivity contribution in [3.8, 4) is 0 Å². The Morgan fingerprint density at radius 2 is 0.917 bits per heavy atom. The monoisotopic (exact) mass is 392 g/mol. The predicted molar refractivity (Wildman–Crippen MR) is 93.3 cm³/mol. The van der Waals surface area contributed by atoms with Crippen molar-refractivity contribution in [3.05, 3.63) is 0 Å². The van der Waals surface area contributed by atoms with Gasteiger partial charge in [-0.05, 0) is 6.42 Å². The Labute approximate surface area is 145 Å². The number of hydrogen-bond acceptors (Lipinski definition) is 3. The highest BCUT2D eigenvalue weighted by Gasteiger charge is 2.12. The molecule has 0 unspecified atom stereocenters. The third-order valence-corrected chi connectivity index (χ3v) is 3.78. The fourth-order valence-electron chi connectivity index (χ4n) is 2.13. The lowest BCUT2D eigenvalue weighted by molar-refractivity contribution is 0.193. The minimum Gasteiger partial charge on any atom is -0.303 e. The summed E-state index contributed by atoms with van der Waals surface area (Å²) in [6.07, 6.45) is 14.9. The van der Waals surface area contributed by atoms with Crippen LogP contribution in [0.2, 0.25) is 0 Å². The van der Waals surface area contributed by atoms with E-state index < -0.39 is 15.6 Å². The van der Waals surface area contributed by atoms with E-state index in [2.05, 4.69) is 11.4 Å². The van der Waals surface area contributed by atoms with Crippen LogP contribution in [-0.4, -0.2) is 31.1 Å². The first-order valence-corrected chi connectivity index (χ1v) is 11.6. The van der Waals surface area contributed by atoms with E-state index in [4.69, 9.17) is 29.0 Å². The first kappa shape index (κ1) is 26.4. The minimum absolute atomic E-state index is 0.168. The molecule has 0 spiro atoms. The van der Waals surface area contributed by atoms with Gasteiger partial charge in [0.1, 0.15) is 0 Å². The summed E-state index contributed by atoms with van der Waals surface area (Å²) in [5, 5.41) is 0. The van der Waals surface area contributed by atoms with Crippen LogP contribution in [0.25, 0.3) is 0 Å². The van der Waals surface area contributed by atoms with Crippen LogP contribution >= 0.6 is 15.6 Å². The number of phosphoric acid groups is 2. The molecule has 0 amide bonds. The summed E-state index contributed by atoms with van der Waals surface area (Å²) in [5.41, 5.74) is 0. The molecule has 0 aliphatic rings. The van der Waals surface area contributed by atoms with E-state index in [-0.39, 0.29) is 6.61 Å². The molecule has 0 bridgehead atoms. The number of unbranched alkanes of at least 4 members (excludes halogenated alkanes) is 11. The quantitative estimate of drug-likeness (QED) is 0.221. The van der Waals surface area contributed by atoms with Crippen LogP contribution in [0, 0.1) is 0 Å². The molecule has 5 N–H and O–H groups in total. The molecule has 0 aromatic rings. The van der Waals surface area contributed by atoms with Gasteiger partial charge in [0.15, 0.2) is 0 Å². The SMILES string of the molecule is CCCCCCCCCCCCCCOP(=O)(O)O.O=P(O)(O)O. The zero-order chi connectivity index (χ0) is 18.9. The number of rotatable bonds is 14. The van der Waals surface area contributed by atoms with Crippen LogP contribution in [0.15, 0.2) is 0 Å². The van der Waals surface area contributed by atoms with Crippen LogP contribution in [0.1, 0.15) is 84.0 Å². The molecule has 0 atom stereocenters. The van der Waals surface area contributed by atoms with E-state index in [1.807, 2.05) is 0 Å². The third kappa shape index (κ3) is 38.0. The zero-order valence-electron chi connectivity index (χ0n) is 14.5. The topological polar surface area (TPSA) is 145 Å². The summed E-state index contributed by atoms with van der Waals surface area (Å²) in [6, 6.07) is 0. The smallest absolute Gasteiger partial charge is 0.303 e. The molecule has 0 aliphatic heterocycles. The second-order valence-corrected chi connectivity index (χ2v) is 7.99. The van der Waals surface area contributed by atoms with Crippen LogP contribution in [0.5, 0.6) is 0 Å². The van der Waals surface area contributed by atoms with Gasteiger partial charge in [-0.3, -0.25) is 4.52 Å². The molecule has 8 nitrogen and oxygen atoms in total. The van der Waals surface area contributed by atoms with Gasteiger partial charge in [0.25, 0.3) is 0 Å². The molecular formula is C14H34O8P2. The molecule has 148 valence electrons. The fraction of sp³-hybridized carbons (Fsp3) is 1.00. The fourth-order valence-corrected chi connectivity index (χ4v) is 2.49. The maximum atomic E-state index is 10.4. The summed E-state index contributed by atoms with van der Waals surface area (Å²) in [6.45, 7) is 2.41. The Hall–Kier alpha value is 0.220. The Balaban J connectivity index is 0. The predicted octanol–water partition coefficient (Wildman–Crippen LogP) is 3.87.